The number of anilines is 1. The third-order valence-electron chi connectivity index (χ3n) is 2.93. The summed E-state index contributed by atoms with van der Waals surface area (Å²) in [7, 11) is -2.44. The van der Waals surface area contributed by atoms with Crippen LogP contribution < -0.4 is 19.9 Å². The third kappa shape index (κ3) is 4.30. The highest BCUT2D eigenvalue weighted by Gasteiger charge is 2.18. The second kappa shape index (κ2) is 7.41. The first-order valence-electron chi connectivity index (χ1n) is 6.70. The van der Waals surface area contributed by atoms with Crippen molar-refractivity contribution in [2.24, 2.45) is 5.73 Å². The van der Waals surface area contributed by atoms with Gasteiger partial charge in [0.05, 0.1) is 22.7 Å². The van der Waals surface area contributed by atoms with E-state index in [1.165, 1.54) is 25.3 Å². The van der Waals surface area contributed by atoms with E-state index in [-0.39, 0.29) is 22.3 Å². The van der Waals surface area contributed by atoms with E-state index >= 15 is 0 Å². The van der Waals surface area contributed by atoms with Crippen LogP contribution in [0, 0.1) is 0 Å². The Morgan fingerprint density at radius 2 is 1.92 bits per heavy atom. The molecule has 0 aliphatic rings. The molecule has 3 N–H and O–H groups in total. The zero-order valence-corrected chi connectivity index (χ0v) is 14.2. The first-order valence-corrected chi connectivity index (χ1v) is 8.56. The molecule has 0 saturated carbocycles. The van der Waals surface area contributed by atoms with Crippen LogP contribution >= 0.6 is 11.6 Å². The molecule has 1 amide bonds. The summed E-state index contributed by atoms with van der Waals surface area (Å²) in [4.78, 5) is 10.6. The molecule has 0 saturated heterocycles. The molecule has 24 heavy (non-hydrogen) atoms. The van der Waals surface area contributed by atoms with Crippen LogP contribution in [0.5, 0.6) is 11.5 Å². The lowest BCUT2D eigenvalue weighted by atomic mass is 10.3. The van der Waals surface area contributed by atoms with Crippen molar-refractivity contribution in [2.75, 3.05) is 18.4 Å². The van der Waals surface area contributed by atoms with E-state index in [1.54, 1.807) is 24.3 Å². The zero-order chi connectivity index (χ0) is 17.7. The number of benzene rings is 2. The smallest absolute Gasteiger partial charge is 0.262 e. The normalized spacial score (nSPS) is 10.9. The maximum atomic E-state index is 12.5. The molecule has 0 heterocycles. The summed E-state index contributed by atoms with van der Waals surface area (Å²) in [5, 5.41) is 0.0409. The molecule has 0 aliphatic carbocycles. The number of hydrogen-bond donors (Lipinski definition) is 2. The van der Waals surface area contributed by atoms with Gasteiger partial charge in [0.25, 0.3) is 15.9 Å². The van der Waals surface area contributed by atoms with Crippen LogP contribution in [0.3, 0.4) is 0 Å². The highest BCUT2D eigenvalue weighted by atomic mass is 35.5. The minimum Gasteiger partial charge on any atom is -0.495 e. The summed E-state index contributed by atoms with van der Waals surface area (Å²) in [6.45, 7) is -0.356. The Hall–Kier alpha value is -2.45. The lowest BCUT2D eigenvalue weighted by Gasteiger charge is -2.12. The molecule has 2 aromatic carbocycles. The molecule has 0 atom stereocenters. The summed E-state index contributed by atoms with van der Waals surface area (Å²) in [5.74, 6) is -0.124. The van der Waals surface area contributed by atoms with E-state index < -0.39 is 15.9 Å². The van der Waals surface area contributed by atoms with Crippen LogP contribution in [-0.4, -0.2) is 28.0 Å². The van der Waals surface area contributed by atoms with Crippen molar-refractivity contribution in [3.8, 4) is 11.5 Å². The molecule has 128 valence electrons. The van der Waals surface area contributed by atoms with Gasteiger partial charge in [-0.25, -0.2) is 8.42 Å². The molecule has 0 fully saturated rings. The van der Waals surface area contributed by atoms with Crippen molar-refractivity contribution >= 4 is 33.2 Å². The summed E-state index contributed by atoms with van der Waals surface area (Å²) >= 11 is 5.99. The summed E-state index contributed by atoms with van der Waals surface area (Å²) in [6.07, 6.45) is 0. The second-order valence-corrected chi connectivity index (χ2v) is 6.74. The number of rotatable bonds is 7. The van der Waals surface area contributed by atoms with E-state index in [0.717, 1.165) is 0 Å². The van der Waals surface area contributed by atoms with Gasteiger partial charge in [0, 0.05) is 0 Å². The lowest BCUT2D eigenvalue weighted by molar-refractivity contribution is -0.119. The van der Waals surface area contributed by atoms with E-state index in [4.69, 9.17) is 26.8 Å². The number of carbonyl (C=O) groups excluding carboxylic acids is 1. The average Bonchev–Trinajstić information content (AvgIpc) is 2.53. The SMILES string of the molecule is COc1ccccc1NS(=O)(=O)c1ccc(OCC(N)=O)c(Cl)c1. The van der Waals surface area contributed by atoms with E-state index in [9.17, 15) is 13.2 Å². The fourth-order valence-electron chi connectivity index (χ4n) is 1.85. The Balaban J connectivity index is 2.26. The Morgan fingerprint density at radius 3 is 2.54 bits per heavy atom. The Bertz CT molecular complexity index is 855. The van der Waals surface area contributed by atoms with Crippen LogP contribution in [0.4, 0.5) is 5.69 Å². The maximum Gasteiger partial charge on any atom is 0.262 e. The largest absolute Gasteiger partial charge is 0.495 e. The number of sulfonamides is 1. The molecule has 0 bridgehead atoms. The van der Waals surface area contributed by atoms with Gasteiger partial charge in [-0.2, -0.15) is 0 Å². The molecule has 0 aromatic heterocycles. The number of nitrogens with two attached hydrogens (primary N) is 1. The number of primary amides is 1. The van der Waals surface area contributed by atoms with Gasteiger partial charge in [-0.15, -0.1) is 0 Å². The van der Waals surface area contributed by atoms with Crippen molar-refractivity contribution in [2.45, 2.75) is 4.90 Å². The molecular formula is C15H15ClN2O5S. The van der Waals surface area contributed by atoms with Crippen molar-refractivity contribution in [1.82, 2.24) is 0 Å². The van der Waals surface area contributed by atoms with E-state index in [0.29, 0.717) is 11.4 Å². The number of carbonyl (C=O) groups is 1. The van der Waals surface area contributed by atoms with E-state index in [2.05, 4.69) is 4.72 Å². The van der Waals surface area contributed by atoms with Gasteiger partial charge in [-0.3, -0.25) is 9.52 Å². The molecule has 2 aromatic rings. The number of ether oxygens (including phenoxy) is 2. The van der Waals surface area contributed by atoms with Crippen molar-refractivity contribution in [3.05, 3.63) is 47.5 Å². The fourth-order valence-corrected chi connectivity index (χ4v) is 3.24. The van der Waals surface area contributed by atoms with Crippen molar-refractivity contribution in [3.63, 3.8) is 0 Å². The number of methoxy groups -OCH3 is 1. The number of hydrogen-bond acceptors (Lipinski definition) is 5. The molecule has 0 aliphatic heterocycles. The number of nitrogens with one attached hydrogen (secondary N) is 1. The summed E-state index contributed by atoms with van der Waals surface area (Å²) in [6, 6.07) is 10.5. The minimum absolute atomic E-state index is 0.0409. The molecular weight excluding hydrogens is 356 g/mol. The van der Waals surface area contributed by atoms with Gasteiger partial charge < -0.3 is 15.2 Å². The lowest BCUT2D eigenvalue weighted by Crippen LogP contribution is -2.20. The van der Waals surface area contributed by atoms with Gasteiger partial charge >= 0.3 is 0 Å². The predicted octanol–water partition coefficient (Wildman–Crippen LogP) is 2.01. The molecule has 9 heteroatoms. The van der Waals surface area contributed by atoms with E-state index in [1.807, 2.05) is 0 Å². The summed E-state index contributed by atoms with van der Waals surface area (Å²) in [5.41, 5.74) is 5.27. The zero-order valence-electron chi connectivity index (χ0n) is 12.7. The molecule has 7 nitrogen and oxygen atoms in total. The van der Waals surface area contributed by atoms with Crippen molar-refractivity contribution < 1.29 is 22.7 Å². The monoisotopic (exact) mass is 370 g/mol. The number of halogens is 1. The molecule has 0 spiro atoms. The van der Waals surface area contributed by atoms with Crippen LogP contribution in [0.2, 0.25) is 5.02 Å². The molecule has 2 rings (SSSR count). The van der Waals surface area contributed by atoms with Crippen LogP contribution in [0.1, 0.15) is 0 Å². The Kier molecular flexibility index (Phi) is 5.53. The fraction of sp³-hybridized carbons (Fsp3) is 0.133. The maximum absolute atomic E-state index is 12.5. The second-order valence-electron chi connectivity index (χ2n) is 4.65. The van der Waals surface area contributed by atoms with Crippen LogP contribution in [-0.2, 0) is 14.8 Å². The number of para-hydroxylation sites is 2. The topological polar surface area (TPSA) is 108 Å². The minimum atomic E-state index is -3.88. The first-order chi connectivity index (χ1) is 11.3. The Labute approximate surface area is 144 Å². The van der Waals surface area contributed by atoms with Gasteiger partial charge in [0.15, 0.2) is 6.61 Å². The third-order valence-corrected chi connectivity index (χ3v) is 4.59. The molecule has 0 radical (unpaired) electrons. The van der Waals surface area contributed by atoms with Crippen LogP contribution in [0.25, 0.3) is 0 Å². The number of amides is 1. The van der Waals surface area contributed by atoms with Gasteiger partial charge in [0.1, 0.15) is 11.5 Å². The van der Waals surface area contributed by atoms with Gasteiger partial charge in [-0.05, 0) is 30.3 Å². The van der Waals surface area contributed by atoms with Crippen molar-refractivity contribution in [1.29, 1.82) is 0 Å². The average molecular weight is 371 g/mol. The first kappa shape index (κ1) is 17.9. The highest BCUT2D eigenvalue weighted by Crippen LogP contribution is 2.30. The quantitative estimate of drug-likeness (QED) is 0.775. The van der Waals surface area contributed by atoms with Crippen LogP contribution in [0.15, 0.2) is 47.4 Å². The highest BCUT2D eigenvalue weighted by molar-refractivity contribution is 7.92. The standard InChI is InChI=1S/C15H15ClN2O5S/c1-22-14-5-3-2-4-12(14)18-24(20,21)10-6-7-13(11(16)8-10)23-9-15(17)19/h2-8,18H,9H2,1H3,(H2,17,19). The molecule has 0 unspecified atom stereocenters. The van der Waals surface area contributed by atoms with Gasteiger partial charge in [-0.1, -0.05) is 23.7 Å². The predicted molar refractivity (Wildman–Crippen MR) is 89.9 cm³/mol. The van der Waals surface area contributed by atoms with Gasteiger partial charge in [0.2, 0.25) is 0 Å². The summed E-state index contributed by atoms with van der Waals surface area (Å²) < 4.78 is 37.5. The Morgan fingerprint density at radius 1 is 1.21 bits per heavy atom.